The summed E-state index contributed by atoms with van der Waals surface area (Å²) in [6.07, 6.45) is 2.89. The van der Waals surface area contributed by atoms with Gasteiger partial charge in [0.15, 0.2) is 0 Å². The third kappa shape index (κ3) is 5.15. The van der Waals surface area contributed by atoms with Gasteiger partial charge in [0.05, 0.1) is 17.0 Å². The van der Waals surface area contributed by atoms with E-state index in [1.54, 1.807) is 29.2 Å². The second-order valence-corrected chi connectivity index (χ2v) is 7.73. The Kier molecular flexibility index (Phi) is 5.66. The van der Waals surface area contributed by atoms with Gasteiger partial charge in [0.1, 0.15) is 0 Å². The number of halogens is 1. The number of likely N-dealkylation sites (tertiary alicyclic amines) is 1. The number of hydrogen-bond acceptors (Lipinski definition) is 3. The first-order valence-corrected chi connectivity index (χ1v) is 9.37. The summed E-state index contributed by atoms with van der Waals surface area (Å²) in [7, 11) is -3.20. The Labute approximate surface area is 135 Å². The van der Waals surface area contributed by atoms with Crippen LogP contribution >= 0.6 is 11.6 Å². The number of para-hydroxylation sites is 1. The minimum absolute atomic E-state index is 0.125. The number of carbonyl (C=O) groups is 1. The molecule has 6 nitrogen and oxygen atoms in total. The Morgan fingerprint density at radius 3 is 2.82 bits per heavy atom. The third-order valence-corrected chi connectivity index (χ3v) is 4.58. The highest BCUT2D eigenvalue weighted by atomic mass is 35.5. The van der Waals surface area contributed by atoms with Crippen molar-refractivity contribution in [2.45, 2.75) is 12.8 Å². The first kappa shape index (κ1) is 17.1. The first-order chi connectivity index (χ1) is 10.3. The van der Waals surface area contributed by atoms with Crippen LogP contribution in [0.4, 0.5) is 10.5 Å². The summed E-state index contributed by atoms with van der Waals surface area (Å²) in [5.41, 5.74) is 0.575. The molecule has 0 saturated carbocycles. The maximum absolute atomic E-state index is 12.3. The van der Waals surface area contributed by atoms with Gasteiger partial charge in [-0.2, -0.15) is 0 Å². The fourth-order valence-corrected chi connectivity index (χ4v) is 3.16. The maximum atomic E-state index is 12.3. The molecule has 1 aliphatic heterocycles. The van der Waals surface area contributed by atoms with Crippen molar-refractivity contribution in [3.05, 3.63) is 29.3 Å². The molecule has 0 radical (unpaired) electrons. The van der Waals surface area contributed by atoms with E-state index in [0.29, 0.717) is 30.3 Å². The molecule has 1 heterocycles. The standard InChI is InChI=1S/C14H20ClN3O3S/c1-22(20,21)16-9-11-5-4-8-18(10-11)14(19)17-13-7-3-2-6-12(13)15/h2-3,6-7,11,16H,4-5,8-10H2,1H3,(H,17,19). The van der Waals surface area contributed by atoms with Crippen LogP contribution in [0.1, 0.15) is 12.8 Å². The lowest BCUT2D eigenvalue weighted by Crippen LogP contribution is -2.45. The number of nitrogens with one attached hydrogen (secondary N) is 2. The van der Waals surface area contributed by atoms with Crippen LogP contribution in [0.5, 0.6) is 0 Å². The van der Waals surface area contributed by atoms with E-state index in [9.17, 15) is 13.2 Å². The molecule has 1 saturated heterocycles. The van der Waals surface area contributed by atoms with Gasteiger partial charge in [0, 0.05) is 19.6 Å². The van der Waals surface area contributed by atoms with Crippen LogP contribution in [0.2, 0.25) is 5.02 Å². The monoisotopic (exact) mass is 345 g/mol. The summed E-state index contributed by atoms with van der Waals surface area (Å²) in [4.78, 5) is 14.0. The summed E-state index contributed by atoms with van der Waals surface area (Å²) in [6.45, 7) is 1.54. The van der Waals surface area contributed by atoms with Gasteiger partial charge in [0.25, 0.3) is 0 Å². The Bertz CT molecular complexity index is 636. The smallest absolute Gasteiger partial charge is 0.321 e. The van der Waals surface area contributed by atoms with Gasteiger partial charge in [-0.15, -0.1) is 0 Å². The Balaban J connectivity index is 1.91. The Hall–Kier alpha value is -1.31. The van der Waals surface area contributed by atoms with Crippen LogP contribution in [0.25, 0.3) is 0 Å². The predicted octanol–water partition coefficient (Wildman–Crippen LogP) is 2.13. The molecule has 2 rings (SSSR count). The van der Waals surface area contributed by atoms with Crippen LogP contribution < -0.4 is 10.0 Å². The van der Waals surface area contributed by atoms with Crippen LogP contribution in [-0.4, -0.2) is 45.2 Å². The van der Waals surface area contributed by atoms with Gasteiger partial charge in [-0.25, -0.2) is 17.9 Å². The van der Waals surface area contributed by atoms with Crippen LogP contribution in [0.3, 0.4) is 0 Å². The number of hydrogen-bond donors (Lipinski definition) is 2. The van der Waals surface area contributed by atoms with Crippen molar-refractivity contribution >= 4 is 33.3 Å². The van der Waals surface area contributed by atoms with Crippen molar-refractivity contribution < 1.29 is 13.2 Å². The number of rotatable bonds is 4. The van der Waals surface area contributed by atoms with Gasteiger partial charge >= 0.3 is 6.03 Å². The lowest BCUT2D eigenvalue weighted by Gasteiger charge is -2.32. The fourth-order valence-electron chi connectivity index (χ4n) is 2.44. The first-order valence-electron chi connectivity index (χ1n) is 7.10. The second-order valence-electron chi connectivity index (χ2n) is 5.48. The highest BCUT2D eigenvalue weighted by Crippen LogP contribution is 2.22. The largest absolute Gasteiger partial charge is 0.324 e. The van der Waals surface area contributed by atoms with E-state index in [1.165, 1.54) is 0 Å². The highest BCUT2D eigenvalue weighted by Gasteiger charge is 2.24. The number of nitrogens with zero attached hydrogens (tertiary/aromatic N) is 1. The lowest BCUT2D eigenvalue weighted by atomic mass is 9.99. The quantitative estimate of drug-likeness (QED) is 0.877. The average Bonchev–Trinajstić information content (AvgIpc) is 2.47. The normalized spacial score (nSPS) is 19.0. The summed E-state index contributed by atoms with van der Waals surface area (Å²) in [6, 6.07) is 6.85. The molecule has 1 atom stereocenters. The van der Waals surface area contributed by atoms with Crippen LogP contribution in [0, 0.1) is 5.92 Å². The van der Waals surface area contributed by atoms with Crippen molar-refractivity contribution in [1.82, 2.24) is 9.62 Å². The Morgan fingerprint density at radius 1 is 1.41 bits per heavy atom. The number of anilines is 1. The van der Waals surface area contributed by atoms with E-state index in [1.807, 2.05) is 0 Å². The third-order valence-electron chi connectivity index (χ3n) is 3.56. The molecule has 0 bridgehead atoms. The minimum Gasteiger partial charge on any atom is -0.324 e. The molecule has 122 valence electrons. The lowest BCUT2D eigenvalue weighted by molar-refractivity contribution is 0.178. The molecule has 0 aliphatic carbocycles. The van der Waals surface area contributed by atoms with Crippen LogP contribution in [-0.2, 0) is 10.0 Å². The van der Waals surface area contributed by atoms with E-state index >= 15 is 0 Å². The van der Waals surface area contributed by atoms with Gasteiger partial charge < -0.3 is 10.2 Å². The zero-order chi connectivity index (χ0) is 16.2. The molecule has 2 N–H and O–H groups in total. The molecule has 1 unspecified atom stereocenters. The van der Waals surface area contributed by atoms with E-state index in [0.717, 1.165) is 19.1 Å². The number of urea groups is 1. The summed E-state index contributed by atoms with van der Waals surface area (Å²) >= 11 is 6.03. The summed E-state index contributed by atoms with van der Waals surface area (Å²) in [5.74, 6) is 0.125. The number of carbonyl (C=O) groups excluding carboxylic acids is 1. The molecule has 1 aromatic carbocycles. The Morgan fingerprint density at radius 2 is 2.14 bits per heavy atom. The van der Waals surface area contributed by atoms with Crippen molar-refractivity contribution in [2.24, 2.45) is 5.92 Å². The second kappa shape index (κ2) is 7.30. The molecule has 22 heavy (non-hydrogen) atoms. The van der Waals surface area contributed by atoms with Gasteiger partial charge in [-0.05, 0) is 30.9 Å². The van der Waals surface area contributed by atoms with E-state index in [-0.39, 0.29) is 11.9 Å². The van der Waals surface area contributed by atoms with E-state index < -0.39 is 10.0 Å². The topological polar surface area (TPSA) is 78.5 Å². The van der Waals surface area contributed by atoms with Crippen molar-refractivity contribution in [1.29, 1.82) is 0 Å². The molecular weight excluding hydrogens is 326 g/mol. The summed E-state index contributed by atoms with van der Waals surface area (Å²) < 4.78 is 24.8. The number of benzene rings is 1. The molecule has 2 amide bonds. The average molecular weight is 346 g/mol. The zero-order valence-electron chi connectivity index (χ0n) is 12.4. The summed E-state index contributed by atoms with van der Waals surface area (Å²) in [5, 5.41) is 3.28. The fraction of sp³-hybridized carbons (Fsp3) is 0.500. The molecule has 8 heteroatoms. The van der Waals surface area contributed by atoms with Crippen molar-refractivity contribution in [2.75, 3.05) is 31.2 Å². The van der Waals surface area contributed by atoms with E-state index in [4.69, 9.17) is 11.6 Å². The van der Waals surface area contributed by atoms with E-state index in [2.05, 4.69) is 10.0 Å². The number of amides is 2. The molecule has 0 spiro atoms. The van der Waals surface area contributed by atoms with Gasteiger partial charge in [0.2, 0.25) is 10.0 Å². The molecule has 0 aromatic heterocycles. The molecule has 1 fully saturated rings. The van der Waals surface area contributed by atoms with Crippen LogP contribution in [0.15, 0.2) is 24.3 Å². The van der Waals surface area contributed by atoms with Crippen molar-refractivity contribution in [3.63, 3.8) is 0 Å². The SMILES string of the molecule is CS(=O)(=O)NCC1CCCN(C(=O)Nc2ccccc2Cl)C1. The maximum Gasteiger partial charge on any atom is 0.321 e. The molecule has 1 aromatic rings. The number of piperidine rings is 1. The minimum atomic E-state index is -3.20. The highest BCUT2D eigenvalue weighted by molar-refractivity contribution is 7.88. The van der Waals surface area contributed by atoms with Gasteiger partial charge in [-0.3, -0.25) is 0 Å². The number of sulfonamides is 1. The van der Waals surface area contributed by atoms with Crippen molar-refractivity contribution in [3.8, 4) is 0 Å². The molecule has 1 aliphatic rings. The van der Waals surface area contributed by atoms with Gasteiger partial charge in [-0.1, -0.05) is 23.7 Å². The zero-order valence-corrected chi connectivity index (χ0v) is 14.0. The predicted molar refractivity (Wildman–Crippen MR) is 87.6 cm³/mol. The molecular formula is C14H20ClN3O3S.